The molecule has 2 N–H and O–H groups in total. The molecule has 2 aliphatic rings. The van der Waals surface area contributed by atoms with Crippen LogP contribution in [0.5, 0.6) is 0 Å². The maximum absolute atomic E-state index is 3.71. The molecule has 7 rings (SSSR count). The number of rotatable bonds is 0. The van der Waals surface area contributed by atoms with Crippen molar-refractivity contribution in [2.75, 3.05) is 10.6 Å². The highest BCUT2D eigenvalue weighted by Crippen LogP contribution is 2.34. The highest BCUT2D eigenvalue weighted by Gasteiger charge is 2.16. The summed E-state index contributed by atoms with van der Waals surface area (Å²) in [6.07, 6.45) is 4.57. The minimum Gasteiger partial charge on any atom is -0.354 e. The van der Waals surface area contributed by atoms with Gasteiger partial charge in [-0.3, -0.25) is 0 Å². The summed E-state index contributed by atoms with van der Waals surface area (Å²) in [5.74, 6) is 0. The molecule has 0 saturated carbocycles. The van der Waals surface area contributed by atoms with E-state index in [2.05, 4.69) is 108 Å². The van der Waals surface area contributed by atoms with E-state index in [1.165, 1.54) is 54.5 Å². The lowest BCUT2D eigenvalue weighted by Gasteiger charge is -2.22. The van der Waals surface area contributed by atoms with Crippen LogP contribution in [0, 0.1) is 0 Å². The van der Waals surface area contributed by atoms with Crippen LogP contribution in [0.1, 0.15) is 11.1 Å². The van der Waals surface area contributed by atoms with E-state index in [1.807, 2.05) is 0 Å². The van der Waals surface area contributed by atoms with Gasteiger partial charge in [0.05, 0.1) is 11.4 Å². The van der Waals surface area contributed by atoms with Crippen molar-refractivity contribution in [2.45, 2.75) is 0 Å². The first kappa shape index (κ1) is 15.8. The van der Waals surface area contributed by atoms with E-state index < -0.39 is 0 Å². The summed E-state index contributed by atoms with van der Waals surface area (Å²) < 4.78 is 0. The monoisotopic (exact) mass is 382 g/mol. The normalized spacial score (nSPS) is 13.1. The fraction of sp³-hybridized carbons (Fsp3) is 0. The molecule has 5 aromatic carbocycles. The summed E-state index contributed by atoms with van der Waals surface area (Å²) in [6.45, 7) is 0. The van der Waals surface area contributed by atoms with Crippen molar-refractivity contribution in [1.82, 2.24) is 0 Å². The molecule has 5 aromatic rings. The molecule has 0 aliphatic carbocycles. The largest absolute Gasteiger partial charge is 0.354 e. The second kappa shape index (κ2) is 5.74. The maximum atomic E-state index is 3.71. The molecule has 140 valence electrons. The fourth-order valence-corrected chi connectivity index (χ4v) is 4.79. The average Bonchev–Trinajstić information content (AvgIpc) is 2.80. The van der Waals surface area contributed by atoms with Gasteiger partial charge in [-0.2, -0.15) is 0 Å². The van der Waals surface area contributed by atoms with Crippen molar-refractivity contribution < 1.29 is 0 Å². The highest BCUT2D eigenvalue weighted by molar-refractivity contribution is 6.03. The Kier molecular flexibility index (Phi) is 3.03. The molecule has 2 heteroatoms. The van der Waals surface area contributed by atoms with E-state index in [0.717, 1.165) is 11.4 Å². The van der Waals surface area contributed by atoms with E-state index in [1.54, 1.807) is 0 Å². The quantitative estimate of drug-likeness (QED) is 0.348. The van der Waals surface area contributed by atoms with Crippen molar-refractivity contribution in [3.8, 4) is 0 Å². The second-order valence-electron chi connectivity index (χ2n) is 8.07. The summed E-state index contributed by atoms with van der Waals surface area (Å²) >= 11 is 0. The third-order valence-electron chi connectivity index (χ3n) is 6.29. The fourth-order valence-electron chi connectivity index (χ4n) is 4.79. The van der Waals surface area contributed by atoms with Gasteiger partial charge >= 0.3 is 0 Å². The Balaban J connectivity index is 1.45. The molecule has 0 amide bonds. The van der Waals surface area contributed by atoms with Gasteiger partial charge in [-0.25, -0.2) is 0 Å². The standard InChI is InChI=1S/C28H18N2/c1-3-7-23-17(5-1)9-11-19-13-21-16-26-22(15-25(21)29-27(19)23)14-20-12-10-18-6-2-4-8-24(18)28(20)30-26/h1-16,29-30H. The van der Waals surface area contributed by atoms with E-state index in [-0.39, 0.29) is 0 Å². The van der Waals surface area contributed by atoms with Gasteiger partial charge in [0, 0.05) is 32.6 Å². The number of hydrogen-bond acceptors (Lipinski definition) is 2. The van der Waals surface area contributed by atoms with Crippen LogP contribution < -0.4 is 21.1 Å². The molecule has 0 radical (unpaired) electrons. The molecule has 0 atom stereocenters. The molecule has 0 saturated heterocycles. The molecular weight excluding hydrogens is 364 g/mol. The lowest BCUT2D eigenvalue weighted by atomic mass is 9.96. The van der Waals surface area contributed by atoms with E-state index >= 15 is 0 Å². The molecule has 2 heterocycles. The molecule has 0 unspecified atom stereocenters. The van der Waals surface area contributed by atoms with Crippen molar-refractivity contribution >= 4 is 56.4 Å². The van der Waals surface area contributed by atoms with Gasteiger partial charge < -0.3 is 10.6 Å². The van der Waals surface area contributed by atoms with Crippen LogP contribution in [-0.4, -0.2) is 0 Å². The van der Waals surface area contributed by atoms with Crippen molar-refractivity contribution in [1.29, 1.82) is 0 Å². The highest BCUT2D eigenvalue weighted by atomic mass is 14.9. The van der Waals surface area contributed by atoms with E-state index in [4.69, 9.17) is 0 Å². The molecule has 30 heavy (non-hydrogen) atoms. The molecular formula is C28H18N2. The SMILES string of the molecule is C1=c2cc3c(cc2Nc2c1ccc1ccccc21)=Cc1ccc2ccccc2c1N3. The zero-order valence-electron chi connectivity index (χ0n) is 16.2. The van der Waals surface area contributed by atoms with Gasteiger partial charge in [0.2, 0.25) is 0 Å². The van der Waals surface area contributed by atoms with Crippen LogP contribution in [-0.2, 0) is 0 Å². The summed E-state index contributed by atoms with van der Waals surface area (Å²) in [7, 11) is 0. The number of hydrogen-bond donors (Lipinski definition) is 2. The summed E-state index contributed by atoms with van der Waals surface area (Å²) in [5.41, 5.74) is 7.14. The smallest absolute Gasteiger partial charge is 0.0537 e. The lowest BCUT2D eigenvalue weighted by molar-refractivity contribution is 1.41. The molecule has 0 fully saturated rings. The number of nitrogens with one attached hydrogen (secondary N) is 2. The van der Waals surface area contributed by atoms with Gasteiger partial charge in [0.25, 0.3) is 0 Å². The zero-order valence-corrected chi connectivity index (χ0v) is 16.2. The Morgan fingerprint density at radius 1 is 0.467 bits per heavy atom. The van der Waals surface area contributed by atoms with Gasteiger partial charge in [0.15, 0.2) is 0 Å². The first-order chi connectivity index (χ1) is 14.8. The van der Waals surface area contributed by atoms with Crippen LogP contribution in [0.3, 0.4) is 0 Å². The maximum Gasteiger partial charge on any atom is 0.0537 e. The molecule has 0 aromatic heterocycles. The molecule has 0 bridgehead atoms. The predicted octanol–water partition coefficient (Wildman–Crippen LogP) is 5.76. The Morgan fingerprint density at radius 2 is 0.933 bits per heavy atom. The van der Waals surface area contributed by atoms with Gasteiger partial charge in [-0.15, -0.1) is 0 Å². The van der Waals surface area contributed by atoms with E-state index in [9.17, 15) is 0 Å². The minimum atomic E-state index is 1.15. The topological polar surface area (TPSA) is 24.1 Å². The summed E-state index contributed by atoms with van der Waals surface area (Å²) in [5, 5.41) is 14.9. The van der Waals surface area contributed by atoms with Crippen molar-refractivity contribution in [3.05, 3.63) is 106 Å². The molecule has 2 nitrogen and oxygen atoms in total. The Morgan fingerprint density at radius 3 is 1.43 bits per heavy atom. The first-order valence-corrected chi connectivity index (χ1v) is 10.3. The third-order valence-corrected chi connectivity index (χ3v) is 6.29. The van der Waals surface area contributed by atoms with Gasteiger partial charge in [-0.05, 0) is 46.2 Å². The lowest BCUT2D eigenvalue weighted by Crippen LogP contribution is -2.23. The van der Waals surface area contributed by atoms with Gasteiger partial charge in [0.1, 0.15) is 0 Å². The Hall–Kier alpha value is -4.04. The predicted molar refractivity (Wildman–Crippen MR) is 127 cm³/mol. The average molecular weight is 382 g/mol. The van der Waals surface area contributed by atoms with Gasteiger partial charge in [-0.1, -0.05) is 72.8 Å². The molecule has 2 aliphatic heterocycles. The van der Waals surface area contributed by atoms with Crippen LogP contribution in [0.15, 0.2) is 84.9 Å². The molecule has 0 spiro atoms. The number of anilines is 4. The van der Waals surface area contributed by atoms with Crippen molar-refractivity contribution in [2.24, 2.45) is 0 Å². The minimum absolute atomic E-state index is 1.15. The first-order valence-electron chi connectivity index (χ1n) is 10.3. The van der Waals surface area contributed by atoms with Crippen LogP contribution in [0.2, 0.25) is 0 Å². The summed E-state index contributed by atoms with van der Waals surface area (Å²) in [6, 6.07) is 30.4. The van der Waals surface area contributed by atoms with Crippen LogP contribution >= 0.6 is 0 Å². The van der Waals surface area contributed by atoms with E-state index in [0.29, 0.717) is 0 Å². The number of benzene rings is 5. The number of fused-ring (bicyclic) bond motifs is 8. The Bertz CT molecular complexity index is 1520. The van der Waals surface area contributed by atoms with Crippen LogP contribution in [0.25, 0.3) is 33.7 Å². The zero-order chi connectivity index (χ0) is 19.7. The second-order valence-corrected chi connectivity index (χ2v) is 8.07. The third kappa shape index (κ3) is 2.19. The Labute approximate surface area is 173 Å². The van der Waals surface area contributed by atoms with Crippen LogP contribution in [0.4, 0.5) is 22.7 Å². The van der Waals surface area contributed by atoms with Crippen molar-refractivity contribution in [3.63, 3.8) is 0 Å². The summed E-state index contributed by atoms with van der Waals surface area (Å²) in [4.78, 5) is 0.